The summed E-state index contributed by atoms with van der Waals surface area (Å²) in [6, 6.07) is 6.66. The predicted octanol–water partition coefficient (Wildman–Crippen LogP) is 5.91. The van der Waals surface area contributed by atoms with Crippen molar-refractivity contribution in [2.24, 2.45) is 16.7 Å². The van der Waals surface area contributed by atoms with E-state index in [-0.39, 0.29) is 12.1 Å². The van der Waals surface area contributed by atoms with Crippen LogP contribution in [-0.4, -0.2) is 59.8 Å². The molecule has 1 heterocycles. The van der Waals surface area contributed by atoms with Crippen LogP contribution in [-0.2, 0) is 4.74 Å². The monoisotopic (exact) mass is 551 g/mol. The van der Waals surface area contributed by atoms with Crippen LogP contribution in [0.5, 0.6) is 0 Å². The average molecular weight is 552 g/mol. The fourth-order valence-electron chi connectivity index (χ4n) is 4.41. The summed E-state index contributed by atoms with van der Waals surface area (Å²) in [4.78, 5) is 15.1. The number of amides is 1. The van der Waals surface area contributed by atoms with Gasteiger partial charge in [0.05, 0.1) is 6.04 Å². The van der Waals surface area contributed by atoms with Gasteiger partial charge in [0.25, 0.3) is 0 Å². The standard InChI is InChI=1S/C24H41N7O2S.2C2H6/c1-24(2,3)33-23(32)30-14-12-18(13-15-30)31(26)29-22(25)20-16-19(34-27-4)10-11-21(20)28-17-8-6-5-7-9-17;2*1-2/h10-11,16-18,27-28H,5-9,12-15,26H2,1-4H3,(H2,25,29);2*1-2H3. The average Bonchev–Trinajstić information content (AvgIpc) is 2.91. The van der Waals surface area contributed by atoms with Crippen LogP contribution in [0, 0.1) is 0 Å². The molecule has 1 aliphatic carbocycles. The molecule has 1 aromatic carbocycles. The molecular weight excluding hydrogens is 498 g/mol. The van der Waals surface area contributed by atoms with Gasteiger partial charge in [0.1, 0.15) is 5.60 Å². The number of amidine groups is 1. The number of ether oxygens (including phenoxy) is 1. The molecule has 38 heavy (non-hydrogen) atoms. The Kier molecular flexibility index (Phi) is 15.5. The minimum Gasteiger partial charge on any atom is -0.444 e. The molecule has 0 spiro atoms. The first-order valence-electron chi connectivity index (χ1n) is 14.3. The lowest BCUT2D eigenvalue weighted by Gasteiger charge is -2.35. The number of hydrogen-bond donors (Lipinski definition) is 4. The Bertz CT molecular complexity index is 846. The van der Waals surface area contributed by atoms with E-state index in [0.717, 1.165) is 16.1 Å². The molecule has 0 aromatic heterocycles. The summed E-state index contributed by atoms with van der Waals surface area (Å²) >= 11 is 1.53. The second-order valence-electron chi connectivity index (χ2n) is 10.1. The van der Waals surface area contributed by atoms with Gasteiger partial charge in [-0.15, -0.1) is 5.10 Å². The van der Waals surface area contributed by atoms with Crippen molar-refractivity contribution in [3.63, 3.8) is 0 Å². The third kappa shape index (κ3) is 11.3. The number of carbonyl (C=O) groups excluding carboxylic acids is 1. The van der Waals surface area contributed by atoms with Gasteiger partial charge >= 0.3 is 6.09 Å². The van der Waals surface area contributed by atoms with Crippen molar-refractivity contribution in [3.8, 4) is 0 Å². The molecule has 1 amide bonds. The topological polar surface area (TPSA) is 121 Å². The van der Waals surface area contributed by atoms with E-state index in [1.165, 1.54) is 49.2 Å². The maximum atomic E-state index is 12.3. The van der Waals surface area contributed by atoms with E-state index < -0.39 is 5.60 Å². The molecule has 1 saturated heterocycles. The minimum atomic E-state index is -0.504. The summed E-state index contributed by atoms with van der Waals surface area (Å²) in [5.41, 5.74) is 7.83. The number of hydrazine groups is 1. The van der Waals surface area contributed by atoms with E-state index in [0.29, 0.717) is 37.8 Å². The molecule has 2 fully saturated rings. The normalized spacial score (nSPS) is 17.0. The smallest absolute Gasteiger partial charge is 0.410 e. The zero-order valence-corrected chi connectivity index (χ0v) is 25.8. The van der Waals surface area contributed by atoms with Crippen LogP contribution in [0.3, 0.4) is 0 Å². The molecule has 0 radical (unpaired) electrons. The zero-order valence-electron chi connectivity index (χ0n) is 25.0. The number of anilines is 1. The van der Waals surface area contributed by atoms with Gasteiger partial charge in [0.15, 0.2) is 5.84 Å². The van der Waals surface area contributed by atoms with Crippen molar-refractivity contribution < 1.29 is 9.53 Å². The first-order valence-corrected chi connectivity index (χ1v) is 15.1. The van der Waals surface area contributed by atoms with Crippen LogP contribution < -0.4 is 21.6 Å². The van der Waals surface area contributed by atoms with Crippen LogP contribution in [0.15, 0.2) is 28.2 Å². The molecule has 0 atom stereocenters. The van der Waals surface area contributed by atoms with Crippen LogP contribution >= 0.6 is 11.9 Å². The summed E-state index contributed by atoms with van der Waals surface area (Å²) in [6.45, 7) is 14.8. The highest BCUT2D eigenvalue weighted by atomic mass is 32.2. The van der Waals surface area contributed by atoms with Gasteiger partial charge in [-0.1, -0.05) is 47.0 Å². The zero-order chi connectivity index (χ0) is 28.7. The lowest BCUT2D eigenvalue weighted by molar-refractivity contribution is 0.0143. The van der Waals surface area contributed by atoms with Crippen LogP contribution in [0.25, 0.3) is 0 Å². The van der Waals surface area contributed by atoms with Gasteiger partial charge in [-0.05, 0) is 83.6 Å². The van der Waals surface area contributed by atoms with Crippen molar-refractivity contribution in [3.05, 3.63) is 23.8 Å². The Morgan fingerprint density at radius 2 is 1.68 bits per heavy atom. The SMILES string of the molecule is CC.CC.CNSc1ccc(NC2CCCCC2)c(/C(N)=N/N(N)C2CCN(C(=O)OC(C)(C)C)CC2)c1. The molecule has 1 aromatic rings. The number of hydrogen-bond acceptors (Lipinski definition) is 8. The lowest BCUT2D eigenvalue weighted by Crippen LogP contribution is -2.49. The highest BCUT2D eigenvalue weighted by Crippen LogP contribution is 2.27. The summed E-state index contributed by atoms with van der Waals surface area (Å²) in [6.07, 6.45) is 7.28. The molecular formula is C28H53N7O2S. The Hall–Kier alpha value is -2.17. The predicted molar refractivity (Wildman–Crippen MR) is 162 cm³/mol. The second-order valence-corrected chi connectivity index (χ2v) is 11.1. The third-order valence-corrected chi connectivity index (χ3v) is 6.86. The number of carbonyl (C=O) groups is 1. The highest BCUT2D eigenvalue weighted by Gasteiger charge is 2.29. The largest absolute Gasteiger partial charge is 0.444 e. The van der Waals surface area contributed by atoms with Gasteiger partial charge < -0.3 is 20.7 Å². The second kappa shape index (κ2) is 17.4. The fourth-order valence-corrected chi connectivity index (χ4v) is 4.96. The van der Waals surface area contributed by atoms with Crippen molar-refractivity contribution in [1.29, 1.82) is 0 Å². The molecule has 2 aliphatic rings. The van der Waals surface area contributed by atoms with E-state index in [2.05, 4.69) is 27.3 Å². The van der Waals surface area contributed by atoms with Crippen LogP contribution in [0.2, 0.25) is 0 Å². The van der Waals surface area contributed by atoms with Crippen molar-refractivity contribution in [1.82, 2.24) is 14.7 Å². The van der Waals surface area contributed by atoms with Crippen LogP contribution in [0.4, 0.5) is 10.5 Å². The summed E-state index contributed by atoms with van der Waals surface area (Å²) < 4.78 is 8.59. The number of likely N-dealkylation sites (tertiary alicyclic amines) is 1. The number of benzene rings is 1. The Morgan fingerprint density at radius 3 is 2.24 bits per heavy atom. The molecule has 218 valence electrons. The molecule has 10 heteroatoms. The number of hydrazone groups is 1. The van der Waals surface area contributed by atoms with Gasteiger partial charge in [-0.25, -0.2) is 15.8 Å². The van der Waals surface area contributed by atoms with E-state index >= 15 is 0 Å². The first-order chi connectivity index (χ1) is 18.2. The van der Waals surface area contributed by atoms with E-state index in [1.54, 1.807) is 4.90 Å². The van der Waals surface area contributed by atoms with Crippen molar-refractivity contribution in [2.45, 2.75) is 116 Å². The number of piperidine rings is 1. The third-order valence-electron chi connectivity index (χ3n) is 6.17. The minimum absolute atomic E-state index is 0.00172. The molecule has 3 rings (SSSR count). The number of rotatable bonds is 7. The van der Waals surface area contributed by atoms with Gasteiger partial charge in [-0.2, -0.15) is 0 Å². The molecule has 6 N–H and O–H groups in total. The maximum Gasteiger partial charge on any atom is 0.410 e. The van der Waals surface area contributed by atoms with Crippen molar-refractivity contribution >= 4 is 29.6 Å². The van der Waals surface area contributed by atoms with Gasteiger partial charge in [-0.3, -0.25) is 4.72 Å². The lowest BCUT2D eigenvalue weighted by atomic mass is 9.95. The molecule has 0 unspecified atom stereocenters. The first kappa shape index (κ1) is 33.9. The van der Waals surface area contributed by atoms with Gasteiger partial charge in [0, 0.05) is 35.3 Å². The van der Waals surface area contributed by atoms with E-state index in [4.69, 9.17) is 16.3 Å². The molecule has 0 bridgehead atoms. The summed E-state index contributed by atoms with van der Waals surface area (Å²) in [5.74, 6) is 6.72. The van der Waals surface area contributed by atoms with E-state index in [9.17, 15) is 4.79 Å². The van der Waals surface area contributed by atoms with E-state index in [1.807, 2.05) is 61.6 Å². The number of nitrogens with one attached hydrogen (secondary N) is 2. The maximum absolute atomic E-state index is 12.3. The number of nitrogens with zero attached hydrogens (tertiary/aromatic N) is 3. The Morgan fingerprint density at radius 1 is 1.08 bits per heavy atom. The number of nitrogens with two attached hydrogens (primary N) is 2. The molecule has 1 saturated carbocycles. The Labute approximate surface area is 235 Å². The summed E-state index contributed by atoms with van der Waals surface area (Å²) in [7, 11) is 1.89. The fraction of sp³-hybridized carbons (Fsp3) is 0.714. The quantitative estimate of drug-likeness (QED) is 0.109. The Balaban J connectivity index is 0.00000172. The molecule has 9 nitrogen and oxygen atoms in total. The van der Waals surface area contributed by atoms with Crippen LogP contribution in [0.1, 0.15) is 99.0 Å². The summed E-state index contributed by atoms with van der Waals surface area (Å²) in [5, 5.41) is 9.70. The molecule has 1 aliphatic heterocycles. The highest BCUT2D eigenvalue weighted by molar-refractivity contribution is 7.97. The van der Waals surface area contributed by atoms with Gasteiger partial charge in [0.2, 0.25) is 0 Å². The van der Waals surface area contributed by atoms with Crippen molar-refractivity contribution in [2.75, 3.05) is 25.5 Å².